The highest BCUT2D eigenvalue weighted by Gasteiger charge is 2.10. The lowest BCUT2D eigenvalue weighted by Crippen LogP contribution is -1.89. The monoisotopic (exact) mass is 269 g/mol. The molecule has 0 saturated carbocycles. The third-order valence-corrected chi connectivity index (χ3v) is 3.64. The number of hydrogen-bond donors (Lipinski definition) is 1. The summed E-state index contributed by atoms with van der Waals surface area (Å²) in [6.45, 7) is 1.70. The van der Waals surface area contributed by atoms with E-state index in [1.807, 2.05) is 11.4 Å². The summed E-state index contributed by atoms with van der Waals surface area (Å²) in [5, 5.41) is 12.6. The fourth-order valence-corrected chi connectivity index (χ4v) is 2.46. The van der Waals surface area contributed by atoms with Gasteiger partial charge in [0.2, 0.25) is 0 Å². The maximum absolute atomic E-state index is 9.42. The van der Waals surface area contributed by atoms with Gasteiger partial charge in [-0.3, -0.25) is 0 Å². The quantitative estimate of drug-likeness (QED) is 0.927. The third-order valence-electron chi connectivity index (χ3n) is 2.33. The summed E-state index contributed by atoms with van der Waals surface area (Å²) in [6.07, 6.45) is -0.539. The van der Waals surface area contributed by atoms with Crippen molar-refractivity contribution < 1.29 is 9.84 Å². The van der Waals surface area contributed by atoms with Gasteiger partial charge in [-0.2, -0.15) is 0 Å². The Bertz CT molecular complexity index is 525. The zero-order valence-corrected chi connectivity index (χ0v) is 11.0. The number of hydrogen-bond acceptors (Lipinski definition) is 4. The molecule has 0 spiro atoms. The second-order valence-electron chi connectivity index (χ2n) is 3.60. The van der Waals surface area contributed by atoms with Crippen LogP contribution in [0.15, 0.2) is 23.6 Å². The van der Waals surface area contributed by atoms with E-state index in [2.05, 4.69) is 4.98 Å². The van der Waals surface area contributed by atoms with Crippen molar-refractivity contribution in [3.63, 3.8) is 0 Å². The highest BCUT2D eigenvalue weighted by Crippen LogP contribution is 2.31. The van der Waals surface area contributed by atoms with Gasteiger partial charge in [0, 0.05) is 10.9 Å². The standard InChI is InChI=1S/C12H12ClNO2S/c1-7(15)12-14-10(6-17-12)8-3-4-11(16-2)9(13)5-8/h3-7,15H,1-2H3. The van der Waals surface area contributed by atoms with Gasteiger partial charge < -0.3 is 9.84 Å². The van der Waals surface area contributed by atoms with Crippen LogP contribution in [0.25, 0.3) is 11.3 Å². The number of rotatable bonds is 3. The number of benzene rings is 1. The number of methoxy groups -OCH3 is 1. The van der Waals surface area contributed by atoms with E-state index in [1.165, 1.54) is 11.3 Å². The molecule has 2 rings (SSSR count). The molecular formula is C12H12ClNO2S. The molecule has 3 nitrogen and oxygen atoms in total. The minimum absolute atomic E-state index is 0.539. The molecule has 1 unspecified atom stereocenters. The lowest BCUT2D eigenvalue weighted by Gasteiger charge is -2.04. The van der Waals surface area contributed by atoms with Crippen LogP contribution in [0, 0.1) is 0 Å². The first kappa shape index (κ1) is 12.4. The first-order chi connectivity index (χ1) is 8.11. The summed E-state index contributed by atoms with van der Waals surface area (Å²) < 4.78 is 5.09. The molecule has 0 aliphatic carbocycles. The molecule has 0 fully saturated rings. The Hall–Kier alpha value is -1.10. The van der Waals surface area contributed by atoms with Crippen LogP contribution in [0.4, 0.5) is 0 Å². The zero-order valence-electron chi connectivity index (χ0n) is 9.48. The number of ether oxygens (including phenoxy) is 1. The Balaban J connectivity index is 2.36. The van der Waals surface area contributed by atoms with Gasteiger partial charge in [-0.15, -0.1) is 11.3 Å². The van der Waals surface area contributed by atoms with Crippen molar-refractivity contribution in [1.82, 2.24) is 4.98 Å². The lowest BCUT2D eigenvalue weighted by molar-refractivity contribution is 0.199. The summed E-state index contributed by atoms with van der Waals surface area (Å²) in [7, 11) is 1.58. The second-order valence-corrected chi connectivity index (χ2v) is 4.89. The molecule has 1 aromatic carbocycles. The average molecular weight is 270 g/mol. The predicted molar refractivity (Wildman–Crippen MR) is 69.7 cm³/mol. The van der Waals surface area contributed by atoms with Crippen LogP contribution in [0.2, 0.25) is 5.02 Å². The Kier molecular flexibility index (Phi) is 3.66. The number of aromatic nitrogens is 1. The van der Waals surface area contributed by atoms with Crippen molar-refractivity contribution in [2.45, 2.75) is 13.0 Å². The van der Waals surface area contributed by atoms with Gasteiger partial charge in [0.1, 0.15) is 16.9 Å². The molecule has 2 aromatic rings. The average Bonchev–Trinajstić information content (AvgIpc) is 2.78. The number of thiazole rings is 1. The topological polar surface area (TPSA) is 42.4 Å². The first-order valence-corrected chi connectivity index (χ1v) is 6.35. The van der Waals surface area contributed by atoms with Crippen LogP contribution in [-0.2, 0) is 0 Å². The summed E-state index contributed by atoms with van der Waals surface area (Å²) in [5.41, 5.74) is 1.73. The SMILES string of the molecule is COc1ccc(-c2csc(C(C)O)n2)cc1Cl. The Morgan fingerprint density at radius 2 is 2.24 bits per heavy atom. The van der Waals surface area contributed by atoms with Crippen molar-refractivity contribution in [2.24, 2.45) is 0 Å². The molecule has 0 amide bonds. The van der Waals surface area contributed by atoms with Gasteiger partial charge in [0.25, 0.3) is 0 Å². The third kappa shape index (κ3) is 2.60. The molecule has 1 heterocycles. The van der Waals surface area contributed by atoms with Crippen LogP contribution >= 0.6 is 22.9 Å². The molecule has 1 atom stereocenters. The fourth-order valence-electron chi connectivity index (χ4n) is 1.44. The maximum atomic E-state index is 9.42. The van der Waals surface area contributed by atoms with E-state index in [4.69, 9.17) is 16.3 Å². The molecular weight excluding hydrogens is 258 g/mol. The fraction of sp³-hybridized carbons (Fsp3) is 0.250. The van der Waals surface area contributed by atoms with E-state index in [-0.39, 0.29) is 0 Å². The Labute approximate surface area is 109 Å². The zero-order chi connectivity index (χ0) is 12.4. The number of aliphatic hydroxyl groups excluding tert-OH is 1. The molecule has 0 aliphatic rings. The molecule has 17 heavy (non-hydrogen) atoms. The van der Waals surface area contributed by atoms with Gasteiger partial charge in [0.15, 0.2) is 0 Å². The number of nitrogens with zero attached hydrogens (tertiary/aromatic N) is 1. The molecule has 1 aromatic heterocycles. The van der Waals surface area contributed by atoms with Crippen molar-refractivity contribution >= 4 is 22.9 Å². The smallest absolute Gasteiger partial charge is 0.137 e. The highest BCUT2D eigenvalue weighted by molar-refractivity contribution is 7.10. The maximum Gasteiger partial charge on any atom is 0.137 e. The lowest BCUT2D eigenvalue weighted by atomic mass is 10.2. The van der Waals surface area contributed by atoms with Gasteiger partial charge in [0.05, 0.1) is 17.8 Å². The van der Waals surface area contributed by atoms with E-state index < -0.39 is 6.10 Å². The van der Waals surface area contributed by atoms with E-state index in [1.54, 1.807) is 26.2 Å². The molecule has 0 radical (unpaired) electrons. The van der Waals surface area contributed by atoms with E-state index in [0.29, 0.717) is 15.8 Å². The van der Waals surface area contributed by atoms with Crippen LogP contribution in [0.3, 0.4) is 0 Å². The van der Waals surface area contributed by atoms with E-state index >= 15 is 0 Å². The minimum Gasteiger partial charge on any atom is -0.495 e. The predicted octanol–water partition coefficient (Wildman–Crippen LogP) is 3.53. The molecule has 0 bridgehead atoms. The van der Waals surface area contributed by atoms with Crippen LogP contribution in [0.5, 0.6) is 5.75 Å². The largest absolute Gasteiger partial charge is 0.495 e. The van der Waals surface area contributed by atoms with E-state index in [9.17, 15) is 5.11 Å². The van der Waals surface area contributed by atoms with Crippen LogP contribution in [-0.4, -0.2) is 17.2 Å². The van der Waals surface area contributed by atoms with Crippen molar-refractivity contribution in [3.05, 3.63) is 33.6 Å². The van der Waals surface area contributed by atoms with Crippen molar-refractivity contribution in [3.8, 4) is 17.0 Å². The van der Waals surface area contributed by atoms with Gasteiger partial charge in [-0.05, 0) is 25.1 Å². The summed E-state index contributed by atoms with van der Waals surface area (Å²) in [4.78, 5) is 4.35. The summed E-state index contributed by atoms with van der Waals surface area (Å²) in [6, 6.07) is 5.51. The van der Waals surface area contributed by atoms with Gasteiger partial charge in [-0.1, -0.05) is 11.6 Å². The Morgan fingerprint density at radius 3 is 2.76 bits per heavy atom. The van der Waals surface area contributed by atoms with Crippen molar-refractivity contribution in [2.75, 3.05) is 7.11 Å². The summed E-state index contributed by atoms with van der Waals surface area (Å²) in [5.74, 6) is 0.640. The summed E-state index contributed by atoms with van der Waals surface area (Å²) >= 11 is 7.48. The number of halogens is 1. The minimum atomic E-state index is -0.539. The van der Waals surface area contributed by atoms with Crippen LogP contribution in [0.1, 0.15) is 18.0 Å². The van der Waals surface area contributed by atoms with E-state index in [0.717, 1.165) is 11.3 Å². The normalized spacial score (nSPS) is 12.5. The molecule has 0 saturated heterocycles. The number of aliphatic hydroxyl groups is 1. The van der Waals surface area contributed by atoms with Crippen LogP contribution < -0.4 is 4.74 Å². The van der Waals surface area contributed by atoms with Crippen molar-refractivity contribution in [1.29, 1.82) is 0 Å². The molecule has 90 valence electrons. The second kappa shape index (κ2) is 5.04. The molecule has 1 N–H and O–H groups in total. The van der Waals surface area contributed by atoms with Gasteiger partial charge in [-0.25, -0.2) is 4.98 Å². The Morgan fingerprint density at radius 1 is 1.47 bits per heavy atom. The molecule has 0 aliphatic heterocycles. The first-order valence-electron chi connectivity index (χ1n) is 5.09. The van der Waals surface area contributed by atoms with Gasteiger partial charge >= 0.3 is 0 Å². The highest BCUT2D eigenvalue weighted by atomic mass is 35.5. The molecule has 5 heteroatoms.